The molecule has 2 heterocycles. The minimum absolute atomic E-state index is 0.155. The standard InChI is InChI=1S/C21H23N3O4S/c1-28-19-7-8-20-16(13-19)9-11-23(20)15-21(25)22-17-5-4-6-18(14-17)24-10-2-3-12-29(24,26)27/h4-9,11,13-14H,2-3,10,12,15H2,1H3,(H,22,25). The number of anilines is 2. The van der Waals surface area contributed by atoms with E-state index in [-0.39, 0.29) is 18.2 Å². The van der Waals surface area contributed by atoms with Crippen LogP contribution < -0.4 is 14.4 Å². The summed E-state index contributed by atoms with van der Waals surface area (Å²) < 4.78 is 33.2. The van der Waals surface area contributed by atoms with E-state index in [2.05, 4.69) is 5.32 Å². The van der Waals surface area contributed by atoms with E-state index in [1.807, 2.05) is 35.0 Å². The summed E-state index contributed by atoms with van der Waals surface area (Å²) in [6, 6.07) is 14.6. The Morgan fingerprint density at radius 2 is 2.00 bits per heavy atom. The van der Waals surface area contributed by atoms with Gasteiger partial charge in [0.25, 0.3) is 0 Å². The van der Waals surface area contributed by atoms with E-state index in [1.54, 1.807) is 31.4 Å². The number of hydrogen-bond donors (Lipinski definition) is 1. The summed E-state index contributed by atoms with van der Waals surface area (Å²) in [6.45, 7) is 0.626. The summed E-state index contributed by atoms with van der Waals surface area (Å²) in [5.74, 6) is 0.746. The SMILES string of the molecule is COc1ccc2c(ccn2CC(=O)Nc2cccc(N3CCCCS3(=O)=O)c2)c1. The molecular formula is C21H23N3O4S. The van der Waals surface area contributed by atoms with Crippen LogP contribution in [0, 0.1) is 0 Å². The Morgan fingerprint density at radius 3 is 2.79 bits per heavy atom. The highest BCUT2D eigenvalue weighted by Gasteiger charge is 2.26. The summed E-state index contributed by atoms with van der Waals surface area (Å²) in [7, 11) is -1.67. The number of methoxy groups -OCH3 is 1. The Hall–Kier alpha value is -3.00. The molecule has 152 valence electrons. The first-order valence-electron chi connectivity index (χ1n) is 9.49. The number of carbonyl (C=O) groups is 1. The van der Waals surface area contributed by atoms with Crippen molar-refractivity contribution in [3.8, 4) is 5.75 Å². The number of benzene rings is 2. The molecule has 29 heavy (non-hydrogen) atoms. The summed E-state index contributed by atoms with van der Waals surface area (Å²) >= 11 is 0. The van der Waals surface area contributed by atoms with Crippen molar-refractivity contribution < 1.29 is 17.9 Å². The molecule has 0 spiro atoms. The van der Waals surface area contributed by atoms with Crippen molar-refractivity contribution in [2.24, 2.45) is 0 Å². The lowest BCUT2D eigenvalue weighted by atomic mass is 10.2. The molecule has 0 atom stereocenters. The van der Waals surface area contributed by atoms with Gasteiger partial charge in [-0.05, 0) is 55.3 Å². The van der Waals surface area contributed by atoms with Crippen LogP contribution in [0.3, 0.4) is 0 Å². The maximum Gasteiger partial charge on any atom is 0.244 e. The lowest BCUT2D eigenvalue weighted by Crippen LogP contribution is -2.37. The molecule has 1 aliphatic rings. The van der Waals surface area contributed by atoms with Crippen molar-refractivity contribution in [1.82, 2.24) is 4.57 Å². The highest BCUT2D eigenvalue weighted by Crippen LogP contribution is 2.26. The predicted octanol–water partition coefficient (Wildman–Crippen LogP) is 3.22. The quantitative estimate of drug-likeness (QED) is 0.696. The first-order valence-corrected chi connectivity index (χ1v) is 11.1. The number of hydrogen-bond acceptors (Lipinski definition) is 4. The zero-order chi connectivity index (χ0) is 20.4. The monoisotopic (exact) mass is 413 g/mol. The third-order valence-corrected chi connectivity index (χ3v) is 6.93. The minimum Gasteiger partial charge on any atom is -0.497 e. The lowest BCUT2D eigenvalue weighted by molar-refractivity contribution is -0.116. The van der Waals surface area contributed by atoms with Crippen LogP contribution in [0.4, 0.5) is 11.4 Å². The van der Waals surface area contributed by atoms with E-state index in [1.165, 1.54) is 4.31 Å². The fourth-order valence-electron chi connectivity index (χ4n) is 3.62. The minimum atomic E-state index is -3.29. The molecule has 1 N–H and O–H groups in total. The number of rotatable bonds is 5. The zero-order valence-corrected chi connectivity index (χ0v) is 17.0. The molecule has 1 aromatic heterocycles. The van der Waals surface area contributed by atoms with E-state index in [9.17, 15) is 13.2 Å². The van der Waals surface area contributed by atoms with Crippen LogP contribution in [-0.2, 0) is 21.4 Å². The Bertz CT molecular complexity index is 1150. The molecule has 0 bridgehead atoms. The Kier molecular flexibility index (Phi) is 5.19. The van der Waals surface area contributed by atoms with Gasteiger partial charge in [0.1, 0.15) is 12.3 Å². The Morgan fingerprint density at radius 1 is 1.14 bits per heavy atom. The van der Waals surface area contributed by atoms with Crippen molar-refractivity contribution in [3.05, 3.63) is 54.7 Å². The molecule has 8 heteroatoms. The highest BCUT2D eigenvalue weighted by atomic mass is 32.2. The molecule has 1 aliphatic heterocycles. The van der Waals surface area contributed by atoms with E-state index in [4.69, 9.17) is 4.74 Å². The third-order valence-electron chi connectivity index (χ3n) is 5.06. The van der Waals surface area contributed by atoms with Gasteiger partial charge in [-0.2, -0.15) is 0 Å². The maximum absolute atomic E-state index is 12.6. The molecular weight excluding hydrogens is 390 g/mol. The molecule has 7 nitrogen and oxygen atoms in total. The van der Waals surface area contributed by atoms with Crippen LogP contribution in [0.25, 0.3) is 10.9 Å². The van der Waals surface area contributed by atoms with E-state index in [0.717, 1.165) is 23.1 Å². The number of aromatic nitrogens is 1. The molecule has 0 radical (unpaired) electrons. The third kappa shape index (κ3) is 4.07. The van der Waals surface area contributed by atoms with Gasteiger partial charge in [-0.1, -0.05) is 6.07 Å². The molecule has 1 amide bonds. The molecule has 0 saturated carbocycles. The molecule has 1 saturated heterocycles. The van der Waals surface area contributed by atoms with Gasteiger partial charge in [0, 0.05) is 29.3 Å². The van der Waals surface area contributed by atoms with Crippen molar-refractivity contribution in [2.45, 2.75) is 19.4 Å². The largest absolute Gasteiger partial charge is 0.497 e. The predicted molar refractivity (Wildman–Crippen MR) is 114 cm³/mol. The van der Waals surface area contributed by atoms with Crippen molar-refractivity contribution in [1.29, 1.82) is 0 Å². The highest BCUT2D eigenvalue weighted by molar-refractivity contribution is 7.92. The number of amides is 1. The van der Waals surface area contributed by atoms with Crippen molar-refractivity contribution in [2.75, 3.05) is 29.0 Å². The first-order chi connectivity index (χ1) is 14.0. The molecule has 3 aromatic rings. The molecule has 2 aromatic carbocycles. The zero-order valence-electron chi connectivity index (χ0n) is 16.2. The number of sulfonamides is 1. The Labute approximate surface area is 169 Å². The molecule has 0 unspecified atom stereocenters. The lowest BCUT2D eigenvalue weighted by Gasteiger charge is -2.28. The number of nitrogens with zero attached hydrogens (tertiary/aromatic N) is 2. The topological polar surface area (TPSA) is 80.6 Å². The molecule has 4 rings (SSSR count). The van der Waals surface area contributed by atoms with Crippen molar-refractivity contribution in [3.63, 3.8) is 0 Å². The second-order valence-electron chi connectivity index (χ2n) is 7.06. The van der Waals surface area contributed by atoms with E-state index < -0.39 is 10.0 Å². The summed E-state index contributed by atoms with van der Waals surface area (Å²) in [4.78, 5) is 12.6. The maximum atomic E-state index is 12.6. The average molecular weight is 413 g/mol. The van der Waals surface area contributed by atoms with Gasteiger partial charge >= 0.3 is 0 Å². The van der Waals surface area contributed by atoms with Gasteiger partial charge in [-0.25, -0.2) is 8.42 Å². The van der Waals surface area contributed by atoms with Crippen LogP contribution in [0.2, 0.25) is 0 Å². The Balaban J connectivity index is 1.49. The molecule has 1 fully saturated rings. The summed E-state index contributed by atoms with van der Waals surface area (Å²) in [6.07, 6.45) is 3.38. The van der Waals surface area contributed by atoms with Crippen LogP contribution in [0.5, 0.6) is 5.75 Å². The van der Waals surface area contributed by atoms with E-state index >= 15 is 0 Å². The van der Waals surface area contributed by atoms with E-state index in [0.29, 0.717) is 24.3 Å². The van der Waals surface area contributed by atoms with Crippen LogP contribution in [0.15, 0.2) is 54.7 Å². The average Bonchev–Trinajstić information content (AvgIpc) is 3.09. The smallest absolute Gasteiger partial charge is 0.244 e. The number of ether oxygens (including phenoxy) is 1. The number of fused-ring (bicyclic) bond motifs is 1. The fraction of sp³-hybridized carbons (Fsp3) is 0.286. The van der Waals surface area contributed by atoms with Crippen molar-refractivity contribution >= 4 is 38.2 Å². The van der Waals surface area contributed by atoms with Gasteiger partial charge in [0.05, 0.1) is 18.6 Å². The van der Waals surface area contributed by atoms with Gasteiger partial charge in [0.2, 0.25) is 15.9 Å². The fourth-order valence-corrected chi connectivity index (χ4v) is 5.25. The second kappa shape index (κ2) is 7.79. The van der Waals surface area contributed by atoms with Crippen LogP contribution in [-0.4, -0.2) is 38.3 Å². The number of carbonyl (C=O) groups excluding carboxylic acids is 1. The van der Waals surface area contributed by atoms with Gasteiger partial charge < -0.3 is 14.6 Å². The second-order valence-corrected chi connectivity index (χ2v) is 9.07. The van der Waals surface area contributed by atoms with Crippen LogP contribution in [0.1, 0.15) is 12.8 Å². The summed E-state index contributed by atoms with van der Waals surface area (Å²) in [5, 5.41) is 3.86. The summed E-state index contributed by atoms with van der Waals surface area (Å²) in [5.41, 5.74) is 2.10. The first kappa shape index (κ1) is 19.3. The normalized spacial score (nSPS) is 16.0. The van der Waals surface area contributed by atoms with Crippen LogP contribution >= 0.6 is 0 Å². The van der Waals surface area contributed by atoms with Gasteiger partial charge in [-0.15, -0.1) is 0 Å². The number of nitrogens with one attached hydrogen (secondary N) is 1. The van der Waals surface area contributed by atoms with Gasteiger partial charge in [-0.3, -0.25) is 9.10 Å². The van der Waals surface area contributed by atoms with Gasteiger partial charge in [0.15, 0.2) is 0 Å². The molecule has 0 aliphatic carbocycles.